The molecule has 0 aromatic heterocycles. The minimum absolute atomic E-state index is 0.0646. The molecule has 3 nitrogen and oxygen atoms in total. The van der Waals surface area contributed by atoms with Gasteiger partial charge in [0.1, 0.15) is 0 Å². The lowest BCUT2D eigenvalue weighted by molar-refractivity contribution is -0.123. The lowest BCUT2D eigenvalue weighted by Gasteiger charge is -2.22. The van der Waals surface area contributed by atoms with E-state index < -0.39 is 0 Å². The third-order valence-electron chi connectivity index (χ3n) is 3.55. The summed E-state index contributed by atoms with van der Waals surface area (Å²) in [6.07, 6.45) is 0.950. The van der Waals surface area contributed by atoms with Crippen molar-refractivity contribution in [2.24, 2.45) is 0 Å². The zero-order valence-electron chi connectivity index (χ0n) is 12.7. The molecule has 0 saturated heterocycles. The lowest BCUT2D eigenvalue weighted by atomic mass is 10.0. The summed E-state index contributed by atoms with van der Waals surface area (Å²) in [5, 5.41) is 6.35. The Morgan fingerprint density at radius 1 is 1.21 bits per heavy atom. The molecule has 106 valence electrons. The summed E-state index contributed by atoms with van der Waals surface area (Å²) in [6, 6.07) is 8.46. The SMILES string of the molecule is CCC(C)NC(=O)C(C)N[C@@H](C)c1ccccc1C. The first-order valence-corrected chi connectivity index (χ1v) is 7.07. The molecule has 1 amide bonds. The fraction of sp³-hybridized carbons (Fsp3) is 0.562. The highest BCUT2D eigenvalue weighted by molar-refractivity contribution is 5.81. The van der Waals surface area contributed by atoms with Gasteiger partial charge in [0.15, 0.2) is 0 Å². The Morgan fingerprint density at radius 3 is 2.42 bits per heavy atom. The second kappa shape index (κ2) is 7.29. The molecule has 0 bridgehead atoms. The average Bonchev–Trinajstić information content (AvgIpc) is 2.38. The number of aryl methyl sites for hydroxylation is 1. The van der Waals surface area contributed by atoms with Crippen LogP contribution in [0.1, 0.15) is 51.3 Å². The van der Waals surface area contributed by atoms with Crippen molar-refractivity contribution < 1.29 is 4.79 Å². The van der Waals surface area contributed by atoms with Gasteiger partial charge >= 0.3 is 0 Å². The summed E-state index contributed by atoms with van der Waals surface area (Å²) in [5.41, 5.74) is 2.49. The Kier molecular flexibility index (Phi) is 6.03. The third-order valence-corrected chi connectivity index (χ3v) is 3.55. The summed E-state index contributed by atoms with van der Waals surface area (Å²) in [5.74, 6) is 0.0646. The van der Waals surface area contributed by atoms with Crippen LogP contribution >= 0.6 is 0 Å². The van der Waals surface area contributed by atoms with E-state index >= 15 is 0 Å². The van der Waals surface area contributed by atoms with E-state index in [0.717, 1.165) is 6.42 Å². The molecule has 1 rings (SSSR count). The number of carbonyl (C=O) groups is 1. The highest BCUT2D eigenvalue weighted by Gasteiger charge is 2.17. The van der Waals surface area contributed by atoms with Gasteiger partial charge in [-0.1, -0.05) is 31.2 Å². The Hall–Kier alpha value is -1.35. The van der Waals surface area contributed by atoms with Crippen LogP contribution < -0.4 is 10.6 Å². The van der Waals surface area contributed by atoms with Crippen LogP contribution in [0.3, 0.4) is 0 Å². The minimum atomic E-state index is -0.191. The molecule has 3 heteroatoms. The molecule has 2 unspecified atom stereocenters. The van der Waals surface area contributed by atoms with Crippen LogP contribution in [-0.4, -0.2) is 18.0 Å². The molecule has 0 aliphatic carbocycles. The van der Waals surface area contributed by atoms with Crippen LogP contribution in [0.25, 0.3) is 0 Å². The van der Waals surface area contributed by atoms with Crippen LogP contribution in [0.2, 0.25) is 0 Å². The predicted octanol–water partition coefficient (Wildman–Crippen LogP) is 2.95. The van der Waals surface area contributed by atoms with E-state index in [2.05, 4.69) is 43.5 Å². The maximum Gasteiger partial charge on any atom is 0.237 e. The fourth-order valence-electron chi connectivity index (χ4n) is 2.08. The molecular weight excluding hydrogens is 236 g/mol. The molecule has 0 heterocycles. The second-order valence-electron chi connectivity index (χ2n) is 5.28. The number of hydrogen-bond acceptors (Lipinski definition) is 2. The topological polar surface area (TPSA) is 41.1 Å². The summed E-state index contributed by atoms with van der Waals surface area (Å²) in [6.45, 7) is 10.2. The Morgan fingerprint density at radius 2 is 1.84 bits per heavy atom. The second-order valence-corrected chi connectivity index (χ2v) is 5.28. The number of rotatable bonds is 6. The first-order chi connectivity index (χ1) is 8.95. The number of carbonyl (C=O) groups excluding carboxylic acids is 1. The maximum atomic E-state index is 12.0. The van der Waals surface area contributed by atoms with Crippen molar-refractivity contribution in [1.82, 2.24) is 10.6 Å². The molecule has 0 aliphatic heterocycles. The molecule has 0 spiro atoms. The molecule has 0 aliphatic rings. The molecule has 1 aromatic rings. The molecule has 2 N–H and O–H groups in total. The van der Waals surface area contributed by atoms with Crippen LogP contribution in [0, 0.1) is 6.92 Å². The van der Waals surface area contributed by atoms with Crippen LogP contribution in [0.5, 0.6) is 0 Å². The standard InChI is InChI=1S/C16H26N2O/c1-6-12(3)17-16(19)14(5)18-13(4)15-10-8-7-9-11(15)2/h7-10,12-14,18H,6H2,1-5H3,(H,17,19)/t12?,13-,14?/m0/s1. The first kappa shape index (κ1) is 15.7. The van der Waals surface area contributed by atoms with Crippen molar-refractivity contribution >= 4 is 5.91 Å². The van der Waals surface area contributed by atoms with Gasteiger partial charge in [-0.05, 0) is 45.2 Å². The van der Waals surface area contributed by atoms with E-state index in [1.165, 1.54) is 11.1 Å². The van der Waals surface area contributed by atoms with Crippen molar-refractivity contribution in [3.8, 4) is 0 Å². The Balaban J connectivity index is 2.59. The summed E-state index contributed by atoms with van der Waals surface area (Å²) in [7, 11) is 0. The normalized spacial score (nSPS) is 15.6. The van der Waals surface area contributed by atoms with E-state index in [9.17, 15) is 4.79 Å². The van der Waals surface area contributed by atoms with Gasteiger partial charge in [-0.15, -0.1) is 0 Å². The Bertz CT molecular complexity index is 417. The van der Waals surface area contributed by atoms with E-state index in [1.807, 2.05) is 26.0 Å². The fourth-order valence-corrected chi connectivity index (χ4v) is 2.08. The van der Waals surface area contributed by atoms with Crippen molar-refractivity contribution in [1.29, 1.82) is 0 Å². The first-order valence-electron chi connectivity index (χ1n) is 7.07. The Labute approximate surface area is 116 Å². The lowest BCUT2D eigenvalue weighted by Crippen LogP contribution is -2.46. The van der Waals surface area contributed by atoms with E-state index in [-0.39, 0.29) is 24.0 Å². The molecule has 1 aromatic carbocycles. The van der Waals surface area contributed by atoms with E-state index in [1.54, 1.807) is 0 Å². The summed E-state index contributed by atoms with van der Waals surface area (Å²) in [4.78, 5) is 12.0. The van der Waals surface area contributed by atoms with Crippen molar-refractivity contribution in [3.05, 3.63) is 35.4 Å². The van der Waals surface area contributed by atoms with Gasteiger partial charge in [0.05, 0.1) is 6.04 Å². The monoisotopic (exact) mass is 262 g/mol. The zero-order chi connectivity index (χ0) is 14.4. The molecule has 0 radical (unpaired) electrons. The van der Waals surface area contributed by atoms with Crippen molar-refractivity contribution in [3.63, 3.8) is 0 Å². The molecule has 19 heavy (non-hydrogen) atoms. The van der Waals surface area contributed by atoms with E-state index in [0.29, 0.717) is 0 Å². The molecule has 0 saturated carbocycles. The van der Waals surface area contributed by atoms with E-state index in [4.69, 9.17) is 0 Å². The number of amides is 1. The average molecular weight is 262 g/mol. The van der Waals surface area contributed by atoms with Crippen molar-refractivity contribution in [2.75, 3.05) is 0 Å². The largest absolute Gasteiger partial charge is 0.352 e. The maximum absolute atomic E-state index is 12.0. The quantitative estimate of drug-likeness (QED) is 0.827. The van der Waals surface area contributed by atoms with Gasteiger partial charge in [0.2, 0.25) is 5.91 Å². The number of benzene rings is 1. The minimum Gasteiger partial charge on any atom is -0.352 e. The van der Waals surface area contributed by atoms with Crippen LogP contribution in [-0.2, 0) is 4.79 Å². The van der Waals surface area contributed by atoms with Gasteiger partial charge < -0.3 is 5.32 Å². The highest BCUT2D eigenvalue weighted by Crippen LogP contribution is 2.17. The van der Waals surface area contributed by atoms with Crippen molar-refractivity contribution in [2.45, 2.75) is 59.2 Å². The van der Waals surface area contributed by atoms with Gasteiger partial charge in [0.25, 0.3) is 0 Å². The molecule has 0 fully saturated rings. The van der Waals surface area contributed by atoms with Gasteiger partial charge in [-0.25, -0.2) is 0 Å². The summed E-state index contributed by atoms with van der Waals surface area (Å²) >= 11 is 0. The van der Waals surface area contributed by atoms with Gasteiger partial charge in [0, 0.05) is 12.1 Å². The smallest absolute Gasteiger partial charge is 0.237 e. The van der Waals surface area contributed by atoms with Crippen LogP contribution in [0.4, 0.5) is 0 Å². The van der Waals surface area contributed by atoms with Crippen LogP contribution in [0.15, 0.2) is 24.3 Å². The predicted molar refractivity (Wildman–Crippen MR) is 80.1 cm³/mol. The highest BCUT2D eigenvalue weighted by atomic mass is 16.2. The third kappa shape index (κ3) is 4.67. The molecule has 3 atom stereocenters. The van der Waals surface area contributed by atoms with Gasteiger partial charge in [-0.3, -0.25) is 10.1 Å². The zero-order valence-corrected chi connectivity index (χ0v) is 12.7. The number of nitrogens with one attached hydrogen (secondary N) is 2. The number of hydrogen-bond donors (Lipinski definition) is 2. The molecular formula is C16H26N2O. The van der Waals surface area contributed by atoms with Gasteiger partial charge in [-0.2, -0.15) is 0 Å². The summed E-state index contributed by atoms with van der Waals surface area (Å²) < 4.78 is 0.